The quantitative estimate of drug-likeness (QED) is 0.101. The number of carbonyl (C=O) groups excluding carboxylic acids is 2. The van der Waals surface area contributed by atoms with Gasteiger partial charge < -0.3 is 26.2 Å². The van der Waals surface area contributed by atoms with Gasteiger partial charge in [0.15, 0.2) is 0 Å². The number of carbonyl (C=O) groups is 4. The van der Waals surface area contributed by atoms with Crippen LogP contribution in [0.3, 0.4) is 0 Å². The molecule has 0 saturated heterocycles. The average molecular weight is 614 g/mol. The molecule has 0 saturated carbocycles. The Bertz CT molecular complexity index is 1140. The Balaban J connectivity index is 2.90. The van der Waals surface area contributed by atoms with Crippen molar-refractivity contribution in [2.24, 2.45) is 5.92 Å². The zero-order valence-corrected chi connectivity index (χ0v) is 26.1. The minimum Gasteiger partial charge on any atom is -0.480 e. The van der Waals surface area contributed by atoms with Crippen molar-refractivity contribution in [1.82, 2.24) is 26.0 Å². The Morgan fingerprint density at radius 2 is 1.45 bits per heavy atom. The smallest absolute Gasteiger partial charge is 0.326 e. The summed E-state index contributed by atoms with van der Waals surface area (Å²) < 4.78 is 26.0. The Morgan fingerprint density at radius 3 is 1.95 bits per heavy atom. The van der Waals surface area contributed by atoms with Crippen molar-refractivity contribution < 1.29 is 37.8 Å². The molecule has 238 valence electrons. The van der Waals surface area contributed by atoms with Gasteiger partial charge in [-0.1, -0.05) is 63.9 Å². The number of rotatable bonds is 20. The van der Waals surface area contributed by atoms with E-state index in [0.717, 1.165) is 11.8 Å². The molecule has 14 heteroatoms. The molecule has 0 unspecified atom stereocenters. The summed E-state index contributed by atoms with van der Waals surface area (Å²) in [7, 11) is -3.72. The minimum absolute atomic E-state index is 0.0346. The first-order valence-electron chi connectivity index (χ1n) is 14.1. The predicted molar refractivity (Wildman–Crippen MR) is 159 cm³/mol. The molecule has 0 aliphatic heterocycles. The van der Waals surface area contributed by atoms with E-state index >= 15 is 0 Å². The third-order valence-corrected chi connectivity index (χ3v) is 7.14. The van der Waals surface area contributed by atoms with Crippen LogP contribution in [0.25, 0.3) is 0 Å². The fraction of sp³-hybridized carbons (Fsp3) is 0.643. The van der Waals surface area contributed by atoms with Crippen molar-refractivity contribution >= 4 is 33.8 Å². The molecule has 0 aliphatic rings. The number of aliphatic carboxylic acids is 2. The second-order valence-corrected chi connectivity index (χ2v) is 12.9. The molecule has 0 radical (unpaired) electrons. The Hall–Kier alpha value is -3.07. The molecule has 0 aliphatic carbocycles. The molecule has 0 fully saturated rings. The van der Waals surface area contributed by atoms with Crippen LogP contribution in [0.4, 0.5) is 0 Å². The Kier molecular flexibility index (Phi) is 15.6. The summed E-state index contributed by atoms with van der Waals surface area (Å²) in [5.41, 5.74) is 1.71. The van der Waals surface area contributed by atoms with Crippen molar-refractivity contribution in [3.05, 3.63) is 35.4 Å². The third-order valence-electron chi connectivity index (χ3n) is 6.43. The van der Waals surface area contributed by atoms with Crippen LogP contribution in [0.5, 0.6) is 0 Å². The molecule has 0 bridgehead atoms. The molecule has 1 aromatic carbocycles. The molecule has 0 aromatic heterocycles. The lowest BCUT2D eigenvalue weighted by atomic mass is 10.00. The van der Waals surface area contributed by atoms with Gasteiger partial charge in [-0.25, -0.2) is 17.9 Å². The third kappa shape index (κ3) is 14.7. The molecule has 42 heavy (non-hydrogen) atoms. The van der Waals surface area contributed by atoms with Crippen LogP contribution < -0.4 is 26.0 Å². The minimum atomic E-state index is -3.72. The van der Waals surface area contributed by atoms with E-state index < -0.39 is 70.4 Å². The van der Waals surface area contributed by atoms with Gasteiger partial charge in [-0.2, -0.15) is 0 Å². The summed E-state index contributed by atoms with van der Waals surface area (Å²) in [4.78, 5) is 49.9. The Labute approximate surface area is 248 Å². The van der Waals surface area contributed by atoms with Crippen molar-refractivity contribution in [3.63, 3.8) is 0 Å². The van der Waals surface area contributed by atoms with Gasteiger partial charge in [0.05, 0.1) is 12.3 Å². The summed E-state index contributed by atoms with van der Waals surface area (Å²) >= 11 is 0. The molecule has 2 amide bonds. The number of nitrogens with one attached hydrogen (secondary N) is 5. The lowest BCUT2D eigenvalue weighted by molar-refractivity contribution is -0.143. The zero-order valence-electron chi connectivity index (χ0n) is 25.3. The highest BCUT2D eigenvalue weighted by Crippen LogP contribution is 2.09. The molecular weight excluding hydrogens is 566 g/mol. The van der Waals surface area contributed by atoms with Gasteiger partial charge in [0.1, 0.15) is 18.1 Å². The first-order chi connectivity index (χ1) is 19.5. The number of sulfonamides is 1. The number of hydrogen-bond acceptors (Lipinski definition) is 8. The lowest BCUT2D eigenvalue weighted by Crippen LogP contribution is -2.59. The predicted octanol–water partition coefficient (Wildman–Crippen LogP) is 0.377. The first kappa shape index (κ1) is 37.0. The van der Waals surface area contributed by atoms with E-state index in [2.05, 4.69) is 26.0 Å². The number of carboxylic acid groups (broad SMARTS) is 2. The summed E-state index contributed by atoms with van der Waals surface area (Å²) in [5, 5.41) is 30.4. The topological polar surface area (TPSA) is 203 Å². The normalized spacial score (nSPS) is 14.7. The van der Waals surface area contributed by atoms with Crippen LogP contribution in [0.15, 0.2) is 24.3 Å². The van der Waals surface area contributed by atoms with Crippen LogP contribution in [-0.2, 0) is 35.6 Å². The highest BCUT2D eigenvalue weighted by Gasteiger charge is 2.32. The largest absolute Gasteiger partial charge is 0.480 e. The van der Waals surface area contributed by atoms with E-state index in [9.17, 15) is 37.8 Å². The molecule has 0 spiro atoms. The number of hydrogen-bond donors (Lipinski definition) is 7. The second-order valence-electron chi connectivity index (χ2n) is 11.2. The molecule has 7 N–H and O–H groups in total. The van der Waals surface area contributed by atoms with Crippen LogP contribution in [0.1, 0.15) is 58.1 Å². The van der Waals surface area contributed by atoms with Crippen LogP contribution in [0.2, 0.25) is 0 Å². The highest BCUT2D eigenvalue weighted by atomic mass is 32.2. The molecule has 1 rings (SSSR count). The van der Waals surface area contributed by atoms with E-state index in [1.165, 1.54) is 0 Å². The van der Waals surface area contributed by atoms with Gasteiger partial charge in [0.2, 0.25) is 21.8 Å². The summed E-state index contributed by atoms with van der Waals surface area (Å²) in [6, 6.07) is 2.64. The van der Waals surface area contributed by atoms with E-state index in [1.807, 2.05) is 32.9 Å². The summed E-state index contributed by atoms with van der Waals surface area (Å²) in [5.74, 6) is -4.42. The zero-order chi connectivity index (χ0) is 32.0. The van der Waals surface area contributed by atoms with Gasteiger partial charge in [-0.15, -0.1) is 0 Å². The fourth-order valence-corrected chi connectivity index (χ4v) is 4.86. The molecule has 1 aromatic rings. The maximum Gasteiger partial charge on any atom is 0.326 e. The number of amides is 2. The van der Waals surface area contributed by atoms with E-state index in [0.29, 0.717) is 31.0 Å². The van der Waals surface area contributed by atoms with E-state index in [-0.39, 0.29) is 12.8 Å². The Morgan fingerprint density at radius 1 is 0.857 bits per heavy atom. The average Bonchev–Trinajstić information content (AvgIpc) is 2.87. The standard InChI is InChI=1S/C28H47N5O8S/c1-17(2)24(26(35)32-22(27(36)37)15-20-12-10-19(5)11-13-20)31-23(28(38)39)16-30-25(34)21(33-42(6,40)41)9-7-8-14-29-18(3)4/h10-13,17-18,21-24,29,31,33H,7-9,14-16H2,1-6H3,(H,30,34)(H,32,35)(H,36,37)(H,38,39)/t21-,22-,23-,24-/m0/s1. The second kappa shape index (κ2) is 17.8. The van der Waals surface area contributed by atoms with Crippen molar-refractivity contribution in [3.8, 4) is 0 Å². The molecular formula is C28H47N5O8S. The number of carboxylic acids is 2. The van der Waals surface area contributed by atoms with Gasteiger partial charge in [0, 0.05) is 19.0 Å². The van der Waals surface area contributed by atoms with Crippen molar-refractivity contribution in [1.29, 1.82) is 0 Å². The SMILES string of the molecule is Cc1ccc(C[C@H](NC(=O)[C@@H](N[C@@H](CNC(=O)[C@H](CCCCNC(C)C)NS(C)(=O)=O)C(=O)O)C(C)C)C(=O)O)cc1. The van der Waals surface area contributed by atoms with Gasteiger partial charge >= 0.3 is 11.9 Å². The summed E-state index contributed by atoms with van der Waals surface area (Å²) in [6.45, 7) is 9.50. The molecule has 4 atom stereocenters. The first-order valence-corrected chi connectivity index (χ1v) is 15.9. The van der Waals surface area contributed by atoms with E-state index in [1.54, 1.807) is 26.0 Å². The number of aryl methyl sites for hydroxylation is 1. The van der Waals surface area contributed by atoms with Gasteiger partial charge in [0.25, 0.3) is 0 Å². The maximum atomic E-state index is 13.1. The van der Waals surface area contributed by atoms with Gasteiger partial charge in [-0.3, -0.25) is 19.7 Å². The van der Waals surface area contributed by atoms with Crippen LogP contribution >= 0.6 is 0 Å². The van der Waals surface area contributed by atoms with Crippen molar-refractivity contribution in [2.75, 3.05) is 19.3 Å². The molecule has 13 nitrogen and oxygen atoms in total. The van der Waals surface area contributed by atoms with Crippen molar-refractivity contribution in [2.45, 2.75) is 90.5 Å². The van der Waals surface area contributed by atoms with Crippen LogP contribution in [0, 0.1) is 12.8 Å². The lowest BCUT2D eigenvalue weighted by Gasteiger charge is -2.27. The fourth-order valence-electron chi connectivity index (χ4n) is 4.12. The molecule has 0 heterocycles. The van der Waals surface area contributed by atoms with Crippen LogP contribution in [-0.4, -0.2) is 91.9 Å². The summed E-state index contributed by atoms with van der Waals surface area (Å²) in [6.07, 6.45) is 2.43. The van der Waals surface area contributed by atoms with E-state index in [4.69, 9.17) is 0 Å². The monoisotopic (exact) mass is 613 g/mol. The maximum absolute atomic E-state index is 13.1. The van der Waals surface area contributed by atoms with Gasteiger partial charge in [-0.05, 0) is 37.8 Å². The highest BCUT2D eigenvalue weighted by molar-refractivity contribution is 7.88. The number of benzene rings is 1. The number of unbranched alkanes of at least 4 members (excludes halogenated alkanes) is 1.